The molecular formula is C16H27N. The summed E-state index contributed by atoms with van der Waals surface area (Å²) in [5, 5.41) is 3.80. The molecular weight excluding hydrogens is 206 g/mol. The first-order valence-electron chi connectivity index (χ1n) is 7.41. The molecule has 96 valence electrons. The molecule has 0 amide bonds. The van der Waals surface area contributed by atoms with Crippen molar-refractivity contribution in [1.82, 2.24) is 5.32 Å². The van der Waals surface area contributed by atoms with Crippen molar-refractivity contribution in [2.75, 3.05) is 0 Å². The van der Waals surface area contributed by atoms with E-state index in [4.69, 9.17) is 0 Å². The Balaban J connectivity index is 2.07. The Morgan fingerprint density at radius 2 is 1.00 bits per heavy atom. The maximum Gasteiger partial charge on any atom is 0.0137 e. The van der Waals surface area contributed by atoms with E-state index < -0.39 is 0 Å². The van der Waals surface area contributed by atoms with Crippen LogP contribution < -0.4 is 5.32 Å². The van der Waals surface area contributed by atoms with Crippen molar-refractivity contribution < 1.29 is 0 Å². The monoisotopic (exact) mass is 233 g/mol. The number of hydrogen-bond donors (Lipinski definition) is 1. The summed E-state index contributed by atoms with van der Waals surface area (Å²) in [6.45, 7) is 4.64. The van der Waals surface area contributed by atoms with E-state index in [1.165, 1.54) is 64.2 Å². The quantitative estimate of drug-likeness (QED) is 0.703. The first-order chi connectivity index (χ1) is 8.27. The molecule has 1 nitrogen and oxygen atoms in total. The van der Waals surface area contributed by atoms with Gasteiger partial charge in [0.2, 0.25) is 0 Å². The normalized spacial score (nSPS) is 23.4. The lowest BCUT2D eigenvalue weighted by Gasteiger charge is -2.17. The van der Waals surface area contributed by atoms with E-state index in [0.717, 1.165) is 0 Å². The summed E-state index contributed by atoms with van der Waals surface area (Å²) in [4.78, 5) is 0. The van der Waals surface area contributed by atoms with Gasteiger partial charge in [0.05, 0.1) is 0 Å². The molecule has 2 aliphatic carbocycles. The number of rotatable bonds is 2. The van der Waals surface area contributed by atoms with Crippen molar-refractivity contribution in [3.63, 3.8) is 0 Å². The third-order valence-electron chi connectivity index (χ3n) is 4.29. The Labute approximate surface area is 106 Å². The van der Waals surface area contributed by atoms with Gasteiger partial charge < -0.3 is 5.32 Å². The predicted octanol–water partition coefficient (Wildman–Crippen LogP) is 5.05. The zero-order chi connectivity index (χ0) is 12.1. The molecule has 0 aromatic rings. The molecule has 1 N–H and O–H groups in total. The molecule has 0 atom stereocenters. The van der Waals surface area contributed by atoms with Crippen LogP contribution in [0.2, 0.25) is 0 Å². The van der Waals surface area contributed by atoms with Crippen molar-refractivity contribution in [1.29, 1.82) is 0 Å². The highest BCUT2D eigenvalue weighted by Crippen LogP contribution is 2.26. The van der Waals surface area contributed by atoms with E-state index >= 15 is 0 Å². The predicted molar refractivity (Wildman–Crippen MR) is 74.7 cm³/mol. The zero-order valence-corrected chi connectivity index (χ0v) is 11.6. The lowest BCUT2D eigenvalue weighted by molar-refractivity contribution is 0.679. The van der Waals surface area contributed by atoms with Crippen LogP contribution in [0.1, 0.15) is 78.1 Å². The van der Waals surface area contributed by atoms with Crippen LogP contribution in [0.4, 0.5) is 0 Å². The summed E-state index contributed by atoms with van der Waals surface area (Å²) in [5.41, 5.74) is 6.29. The van der Waals surface area contributed by atoms with Gasteiger partial charge in [0.25, 0.3) is 0 Å². The molecule has 0 fully saturated rings. The third kappa shape index (κ3) is 3.62. The maximum atomic E-state index is 3.80. The van der Waals surface area contributed by atoms with Gasteiger partial charge in [0.15, 0.2) is 0 Å². The van der Waals surface area contributed by atoms with Gasteiger partial charge in [-0.1, -0.05) is 24.0 Å². The van der Waals surface area contributed by atoms with Crippen LogP contribution in [-0.4, -0.2) is 0 Å². The highest BCUT2D eigenvalue weighted by molar-refractivity contribution is 5.21. The van der Waals surface area contributed by atoms with Crippen molar-refractivity contribution >= 4 is 0 Å². The standard InChI is InChI=1S/C16H27N/c1-13-9-5-3-7-11-15(13)17-16-12-8-4-6-10-14(16)2/h17H,3-12H2,1-2H3. The van der Waals surface area contributed by atoms with Crippen LogP contribution in [-0.2, 0) is 0 Å². The van der Waals surface area contributed by atoms with Crippen LogP contribution in [0.3, 0.4) is 0 Å². The Hall–Kier alpha value is -0.720. The van der Waals surface area contributed by atoms with Gasteiger partial charge in [-0.3, -0.25) is 0 Å². The topological polar surface area (TPSA) is 12.0 Å². The number of allylic oxidation sites excluding steroid dienone is 4. The number of nitrogens with one attached hydrogen (secondary N) is 1. The molecule has 0 saturated carbocycles. The first kappa shape index (κ1) is 12.7. The lowest BCUT2D eigenvalue weighted by atomic mass is 10.1. The van der Waals surface area contributed by atoms with E-state index in [2.05, 4.69) is 19.2 Å². The Morgan fingerprint density at radius 3 is 1.47 bits per heavy atom. The van der Waals surface area contributed by atoms with Crippen molar-refractivity contribution in [2.24, 2.45) is 0 Å². The highest BCUT2D eigenvalue weighted by Gasteiger charge is 2.12. The summed E-state index contributed by atoms with van der Waals surface area (Å²) in [6.07, 6.45) is 13.4. The largest absolute Gasteiger partial charge is 0.362 e. The molecule has 1 heteroatoms. The summed E-state index contributed by atoms with van der Waals surface area (Å²) >= 11 is 0. The molecule has 2 aliphatic rings. The fraction of sp³-hybridized carbons (Fsp3) is 0.750. The molecule has 0 saturated heterocycles. The minimum absolute atomic E-state index is 1.27. The first-order valence-corrected chi connectivity index (χ1v) is 7.41. The van der Waals surface area contributed by atoms with E-state index in [1.807, 2.05) is 0 Å². The van der Waals surface area contributed by atoms with E-state index in [9.17, 15) is 0 Å². The number of hydrogen-bond acceptors (Lipinski definition) is 1. The Bertz CT molecular complexity index is 290. The second-order valence-corrected chi connectivity index (χ2v) is 5.76. The smallest absolute Gasteiger partial charge is 0.0137 e. The molecule has 0 aliphatic heterocycles. The van der Waals surface area contributed by atoms with Crippen molar-refractivity contribution in [2.45, 2.75) is 78.1 Å². The van der Waals surface area contributed by atoms with E-state index in [1.54, 1.807) is 22.5 Å². The molecule has 0 bridgehead atoms. The van der Waals surface area contributed by atoms with Gasteiger partial charge in [-0.05, 0) is 65.2 Å². The molecule has 0 aromatic carbocycles. The zero-order valence-electron chi connectivity index (χ0n) is 11.6. The minimum atomic E-state index is 1.27. The van der Waals surface area contributed by atoms with Gasteiger partial charge in [-0.2, -0.15) is 0 Å². The van der Waals surface area contributed by atoms with Crippen LogP contribution in [0.15, 0.2) is 22.5 Å². The summed E-state index contributed by atoms with van der Waals surface area (Å²) in [6, 6.07) is 0. The van der Waals surface area contributed by atoms with Crippen LogP contribution in [0.25, 0.3) is 0 Å². The van der Waals surface area contributed by atoms with E-state index in [0.29, 0.717) is 0 Å². The van der Waals surface area contributed by atoms with Crippen LogP contribution >= 0.6 is 0 Å². The minimum Gasteiger partial charge on any atom is -0.362 e. The second kappa shape index (κ2) is 6.28. The average Bonchev–Trinajstić information content (AvgIpc) is 2.63. The average molecular weight is 233 g/mol. The lowest BCUT2D eigenvalue weighted by Crippen LogP contribution is -2.15. The molecule has 2 rings (SSSR count). The fourth-order valence-corrected chi connectivity index (χ4v) is 2.99. The Kier molecular flexibility index (Phi) is 4.70. The van der Waals surface area contributed by atoms with Gasteiger partial charge >= 0.3 is 0 Å². The molecule has 0 heterocycles. The second-order valence-electron chi connectivity index (χ2n) is 5.76. The summed E-state index contributed by atoms with van der Waals surface area (Å²) < 4.78 is 0. The van der Waals surface area contributed by atoms with Crippen molar-refractivity contribution in [3.8, 4) is 0 Å². The molecule has 17 heavy (non-hydrogen) atoms. The van der Waals surface area contributed by atoms with Gasteiger partial charge in [0.1, 0.15) is 0 Å². The molecule has 0 aromatic heterocycles. The summed E-state index contributed by atoms with van der Waals surface area (Å²) in [7, 11) is 0. The van der Waals surface area contributed by atoms with Gasteiger partial charge in [-0.15, -0.1) is 0 Å². The van der Waals surface area contributed by atoms with Gasteiger partial charge in [-0.25, -0.2) is 0 Å². The maximum absolute atomic E-state index is 3.80. The summed E-state index contributed by atoms with van der Waals surface area (Å²) in [5.74, 6) is 0. The highest BCUT2D eigenvalue weighted by atomic mass is 14.9. The van der Waals surface area contributed by atoms with Crippen LogP contribution in [0.5, 0.6) is 0 Å². The van der Waals surface area contributed by atoms with E-state index in [-0.39, 0.29) is 0 Å². The molecule has 0 unspecified atom stereocenters. The SMILES string of the molecule is CC1=C(NC2=C(C)CCCCC2)CCCCC1. The fourth-order valence-electron chi connectivity index (χ4n) is 2.99. The van der Waals surface area contributed by atoms with Crippen LogP contribution in [0, 0.1) is 0 Å². The molecule has 0 spiro atoms. The molecule has 0 radical (unpaired) electrons. The Morgan fingerprint density at radius 1 is 0.588 bits per heavy atom. The van der Waals surface area contributed by atoms with Gasteiger partial charge in [0, 0.05) is 11.4 Å². The van der Waals surface area contributed by atoms with Crippen molar-refractivity contribution in [3.05, 3.63) is 22.5 Å². The third-order valence-corrected chi connectivity index (χ3v) is 4.29.